The van der Waals surface area contributed by atoms with Crippen molar-refractivity contribution in [2.24, 2.45) is 0 Å². The lowest BCUT2D eigenvalue weighted by Crippen LogP contribution is -1.90. The zero-order valence-electron chi connectivity index (χ0n) is 14.9. The molecule has 0 aliphatic rings. The van der Waals surface area contributed by atoms with E-state index in [-0.39, 0.29) is 0 Å². The van der Waals surface area contributed by atoms with E-state index in [1.54, 1.807) is 0 Å². The molecule has 0 N–H and O–H groups in total. The molecule has 4 nitrogen and oxygen atoms in total. The van der Waals surface area contributed by atoms with Crippen LogP contribution in [0.1, 0.15) is 0 Å². The first-order valence-corrected chi connectivity index (χ1v) is 9.12. The molecule has 4 aromatic heterocycles. The first kappa shape index (κ1) is 15.2. The summed E-state index contributed by atoms with van der Waals surface area (Å²) in [5, 5.41) is 9.12. The van der Waals surface area contributed by atoms with Crippen LogP contribution in [0.25, 0.3) is 54.5 Å². The third-order valence-electron chi connectivity index (χ3n) is 5.30. The highest BCUT2D eigenvalue weighted by molar-refractivity contribution is 6.09. The first-order chi connectivity index (χ1) is 13.9. The third kappa shape index (κ3) is 2.25. The van der Waals surface area contributed by atoms with Crippen LogP contribution in [-0.2, 0) is 0 Å². The molecule has 0 saturated carbocycles. The summed E-state index contributed by atoms with van der Waals surface area (Å²) >= 11 is 0. The average molecular weight is 358 g/mol. The van der Waals surface area contributed by atoms with E-state index < -0.39 is 0 Å². The van der Waals surface area contributed by atoms with Crippen LogP contribution in [0.3, 0.4) is 0 Å². The van der Waals surface area contributed by atoms with Gasteiger partial charge in [0.25, 0.3) is 0 Å². The Kier molecular flexibility index (Phi) is 3.14. The van der Waals surface area contributed by atoms with Crippen molar-refractivity contribution in [1.82, 2.24) is 19.9 Å². The van der Waals surface area contributed by atoms with Crippen molar-refractivity contribution < 1.29 is 0 Å². The first-order valence-electron chi connectivity index (χ1n) is 9.12. The zero-order valence-corrected chi connectivity index (χ0v) is 14.9. The number of hydrogen-bond acceptors (Lipinski definition) is 4. The normalized spacial score (nSPS) is 11.6. The van der Waals surface area contributed by atoms with Gasteiger partial charge >= 0.3 is 0 Å². The van der Waals surface area contributed by atoms with Crippen molar-refractivity contribution in [3.63, 3.8) is 0 Å². The maximum absolute atomic E-state index is 4.70. The monoisotopic (exact) mass is 358 g/mol. The Labute approximate surface area is 160 Å². The predicted octanol–water partition coefficient (Wildman–Crippen LogP) is 5.55. The van der Waals surface area contributed by atoms with Crippen molar-refractivity contribution in [3.8, 4) is 11.4 Å². The molecule has 4 heterocycles. The molecule has 0 aliphatic heterocycles. The molecule has 28 heavy (non-hydrogen) atoms. The fraction of sp³-hybridized carbons (Fsp3) is 0. The van der Waals surface area contributed by atoms with Gasteiger partial charge in [-0.05, 0) is 45.8 Å². The Balaban J connectivity index is 1.55. The van der Waals surface area contributed by atoms with Gasteiger partial charge in [-0.1, -0.05) is 24.3 Å². The van der Waals surface area contributed by atoms with Crippen LogP contribution in [0.15, 0.2) is 85.7 Å². The topological polar surface area (TPSA) is 51.6 Å². The molecule has 4 heteroatoms. The van der Waals surface area contributed by atoms with Gasteiger partial charge in [0.2, 0.25) is 0 Å². The van der Waals surface area contributed by atoms with E-state index in [1.165, 1.54) is 0 Å². The number of hydrogen-bond donors (Lipinski definition) is 0. The minimum Gasteiger partial charge on any atom is -0.264 e. The standard InChI is InChI=1S/C24H14N4/c1-3-17-11-25-7-5-19(17)21-13-27-23(9-15(1)21)24-10-16-2-4-18-12-26-8-6-20(18)22(16)14-28-24/h1-14H. The fourth-order valence-corrected chi connectivity index (χ4v) is 3.88. The van der Waals surface area contributed by atoms with Crippen LogP contribution in [-0.4, -0.2) is 19.9 Å². The number of aromatic nitrogens is 4. The average Bonchev–Trinajstić information content (AvgIpc) is 2.78. The molecule has 0 amide bonds. The summed E-state index contributed by atoms with van der Waals surface area (Å²) in [7, 11) is 0. The Morgan fingerprint density at radius 1 is 0.429 bits per heavy atom. The van der Waals surface area contributed by atoms with Gasteiger partial charge in [-0.15, -0.1) is 0 Å². The second-order valence-electron chi connectivity index (χ2n) is 6.91. The van der Waals surface area contributed by atoms with Gasteiger partial charge in [-0.25, -0.2) is 0 Å². The number of fused-ring (bicyclic) bond motifs is 6. The fourth-order valence-electron chi connectivity index (χ4n) is 3.88. The van der Waals surface area contributed by atoms with E-state index in [9.17, 15) is 0 Å². The van der Waals surface area contributed by atoms with E-state index in [0.29, 0.717) is 0 Å². The minimum atomic E-state index is 0.873. The van der Waals surface area contributed by atoms with Gasteiger partial charge < -0.3 is 0 Å². The highest BCUT2D eigenvalue weighted by atomic mass is 14.8. The Morgan fingerprint density at radius 2 is 0.893 bits per heavy atom. The number of rotatable bonds is 1. The third-order valence-corrected chi connectivity index (χ3v) is 5.30. The molecule has 0 fully saturated rings. The van der Waals surface area contributed by atoms with Crippen LogP contribution >= 0.6 is 0 Å². The molecule has 130 valence electrons. The summed E-state index contributed by atoms with van der Waals surface area (Å²) in [5.74, 6) is 0. The molecule has 0 atom stereocenters. The molecule has 6 rings (SSSR count). The number of benzene rings is 2. The van der Waals surface area contributed by atoms with Gasteiger partial charge in [0.05, 0.1) is 11.4 Å². The van der Waals surface area contributed by atoms with E-state index in [1.807, 2.05) is 49.3 Å². The lowest BCUT2D eigenvalue weighted by atomic mass is 10.0. The van der Waals surface area contributed by atoms with Crippen molar-refractivity contribution in [1.29, 1.82) is 0 Å². The maximum atomic E-state index is 4.70. The van der Waals surface area contributed by atoms with E-state index in [4.69, 9.17) is 9.97 Å². The van der Waals surface area contributed by atoms with Gasteiger partial charge in [0.1, 0.15) is 0 Å². The molecule has 2 aromatic carbocycles. The quantitative estimate of drug-likeness (QED) is 0.362. The predicted molar refractivity (Wildman–Crippen MR) is 113 cm³/mol. The van der Waals surface area contributed by atoms with Crippen LogP contribution in [0, 0.1) is 0 Å². The minimum absolute atomic E-state index is 0.873. The van der Waals surface area contributed by atoms with Gasteiger partial charge in [-0.2, -0.15) is 0 Å². The van der Waals surface area contributed by atoms with E-state index in [0.717, 1.165) is 54.5 Å². The molecule has 0 aliphatic carbocycles. The highest BCUT2D eigenvalue weighted by Crippen LogP contribution is 2.30. The summed E-state index contributed by atoms with van der Waals surface area (Å²) in [6.07, 6.45) is 11.3. The molecular weight excluding hydrogens is 344 g/mol. The van der Waals surface area contributed by atoms with Crippen LogP contribution in [0.5, 0.6) is 0 Å². The molecule has 0 saturated heterocycles. The summed E-state index contributed by atoms with van der Waals surface area (Å²) < 4.78 is 0. The second-order valence-corrected chi connectivity index (χ2v) is 6.91. The van der Waals surface area contributed by atoms with E-state index in [2.05, 4.69) is 46.4 Å². The lowest BCUT2D eigenvalue weighted by molar-refractivity contribution is 1.28. The Bertz CT molecular complexity index is 1400. The van der Waals surface area contributed by atoms with Crippen molar-refractivity contribution in [3.05, 3.63) is 85.7 Å². The maximum Gasteiger partial charge on any atom is 0.0892 e. The second kappa shape index (κ2) is 5.79. The zero-order chi connectivity index (χ0) is 18.5. The molecule has 0 spiro atoms. The van der Waals surface area contributed by atoms with Crippen molar-refractivity contribution >= 4 is 43.1 Å². The molecular formula is C24H14N4. The van der Waals surface area contributed by atoms with Gasteiger partial charge in [-0.3, -0.25) is 19.9 Å². The molecule has 6 aromatic rings. The summed E-state index contributed by atoms with van der Waals surface area (Å²) in [6.45, 7) is 0. The summed E-state index contributed by atoms with van der Waals surface area (Å²) in [5.41, 5.74) is 1.75. The van der Waals surface area contributed by atoms with Crippen molar-refractivity contribution in [2.75, 3.05) is 0 Å². The SMILES string of the molecule is c1cc2c(ccc3cc(-c4cc5ccc6cnccc6c5cn4)ncc32)cn1. The molecule has 0 bridgehead atoms. The largest absolute Gasteiger partial charge is 0.264 e. The summed E-state index contributed by atoms with van der Waals surface area (Å²) in [6, 6.07) is 16.7. The Morgan fingerprint density at radius 3 is 1.39 bits per heavy atom. The van der Waals surface area contributed by atoms with E-state index >= 15 is 0 Å². The van der Waals surface area contributed by atoms with Crippen LogP contribution < -0.4 is 0 Å². The van der Waals surface area contributed by atoms with Crippen LogP contribution in [0.4, 0.5) is 0 Å². The molecule has 0 radical (unpaired) electrons. The number of nitrogens with zero attached hydrogens (tertiary/aromatic N) is 4. The lowest BCUT2D eigenvalue weighted by Gasteiger charge is -2.08. The Hall–Kier alpha value is -3.92. The van der Waals surface area contributed by atoms with Crippen molar-refractivity contribution in [2.45, 2.75) is 0 Å². The van der Waals surface area contributed by atoms with Gasteiger partial charge in [0, 0.05) is 58.7 Å². The smallest absolute Gasteiger partial charge is 0.0892 e. The number of pyridine rings is 4. The van der Waals surface area contributed by atoms with Gasteiger partial charge in [0.15, 0.2) is 0 Å². The molecule has 0 unspecified atom stereocenters. The summed E-state index contributed by atoms with van der Waals surface area (Å²) in [4.78, 5) is 17.8. The highest BCUT2D eigenvalue weighted by Gasteiger charge is 2.08. The van der Waals surface area contributed by atoms with Crippen LogP contribution in [0.2, 0.25) is 0 Å².